The van der Waals surface area contributed by atoms with Gasteiger partial charge in [-0.25, -0.2) is 9.59 Å². The number of nitrogens with zero attached hydrogens (tertiary/aromatic N) is 1. The van der Waals surface area contributed by atoms with Crippen molar-refractivity contribution in [2.24, 2.45) is 0 Å². The summed E-state index contributed by atoms with van der Waals surface area (Å²) in [5, 5.41) is 0. The third kappa shape index (κ3) is 6.80. The van der Waals surface area contributed by atoms with Crippen molar-refractivity contribution in [2.45, 2.75) is 38.4 Å². The van der Waals surface area contributed by atoms with Crippen molar-refractivity contribution in [3.05, 3.63) is 114 Å². The van der Waals surface area contributed by atoms with E-state index in [9.17, 15) is 9.59 Å². The summed E-state index contributed by atoms with van der Waals surface area (Å²) in [5.41, 5.74) is 3.79. The van der Waals surface area contributed by atoms with E-state index in [0.29, 0.717) is 13.0 Å². The molecule has 1 saturated heterocycles. The second kappa shape index (κ2) is 12.0. The molecule has 2 atom stereocenters. The third-order valence-electron chi connectivity index (χ3n) is 5.90. The highest BCUT2D eigenvalue weighted by Gasteiger charge is 2.42. The van der Waals surface area contributed by atoms with Gasteiger partial charge < -0.3 is 14.2 Å². The van der Waals surface area contributed by atoms with E-state index in [-0.39, 0.29) is 25.9 Å². The minimum atomic E-state index is -0.768. The predicted molar refractivity (Wildman–Crippen MR) is 133 cm³/mol. The van der Waals surface area contributed by atoms with Gasteiger partial charge in [0, 0.05) is 6.42 Å². The van der Waals surface area contributed by atoms with Crippen LogP contribution in [0.15, 0.2) is 91.5 Å². The summed E-state index contributed by atoms with van der Waals surface area (Å²) in [7, 11) is 0. The molecule has 0 saturated carbocycles. The molecular formula is C29H29NO5. The van der Waals surface area contributed by atoms with E-state index in [4.69, 9.17) is 14.2 Å². The zero-order valence-corrected chi connectivity index (χ0v) is 19.5. The number of amides is 1. The van der Waals surface area contributed by atoms with Crippen LogP contribution < -0.4 is 0 Å². The van der Waals surface area contributed by atoms with Crippen LogP contribution in [0, 0.1) is 0 Å². The molecule has 3 aromatic rings. The Balaban J connectivity index is 1.39. The minimum absolute atomic E-state index is 0.128. The number of hydrogen-bond acceptors (Lipinski definition) is 5. The van der Waals surface area contributed by atoms with Gasteiger partial charge in [0.05, 0.1) is 19.3 Å². The average molecular weight is 472 g/mol. The molecule has 1 heterocycles. The highest BCUT2D eigenvalue weighted by molar-refractivity contribution is 5.82. The average Bonchev–Trinajstić information content (AvgIpc) is 3.35. The Labute approximate surface area is 205 Å². The Morgan fingerprint density at radius 3 is 1.97 bits per heavy atom. The summed E-state index contributed by atoms with van der Waals surface area (Å²) in [4.78, 5) is 27.3. The summed E-state index contributed by atoms with van der Waals surface area (Å²) >= 11 is 0. The fourth-order valence-corrected chi connectivity index (χ4v) is 3.93. The Bertz CT molecular complexity index is 1050. The zero-order chi connectivity index (χ0) is 24.5. The van der Waals surface area contributed by atoms with Crippen molar-refractivity contribution >= 4 is 18.1 Å². The fourth-order valence-electron chi connectivity index (χ4n) is 3.93. The summed E-state index contributed by atoms with van der Waals surface area (Å²) in [6.07, 6.45) is 1.26. The minimum Gasteiger partial charge on any atom is -0.459 e. The molecule has 35 heavy (non-hydrogen) atoms. The normalized spacial score (nSPS) is 17.1. The molecular weight excluding hydrogens is 442 g/mol. The van der Waals surface area contributed by atoms with Gasteiger partial charge in [-0.3, -0.25) is 4.90 Å². The molecule has 0 bridgehead atoms. The predicted octanol–water partition coefficient (Wildman–Crippen LogP) is 5.37. The molecule has 0 aliphatic carbocycles. The second-order valence-electron chi connectivity index (χ2n) is 8.42. The van der Waals surface area contributed by atoms with Gasteiger partial charge in [0.25, 0.3) is 0 Å². The Hall–Kier alpha value is -3.90. The van der Waals surface area contributed by atoms with E-state index in [2.05, 4.69) is 6.58 Å². The lowest BCUT2D eigenvalue weighted by atomic mass is 10.1. The quantitative estimate of drug-likeness (QED) is 0.393. The largest absolute Gasteiger partial charge is 0.459 e. The summed E-state index contributed by atoms with van der Waals surface area (Å²) < 4.78 is 17.1. The van der Waals surface area contributed by atoms with Crippen LogP contribution in [0.25, 0.3) is 6.08 Å². The molecule has 0 aromatic heterocycles. The van der Waals surface area contributed by atoms with Gasteiger partial charge in [0.2, 0.25) is 0 Å². The van der Waals surface area contributed by atoms with Crippen molar-refractivity contribution in [3.8, 4) is 0 Å². The van der Waals surface area contributed by atoms with Crippen LogP contribution in [0.4, 0.5) is 4.79 Å². The highest BCUT2D eigenvalue weighted by Crippen LogP contribution is 2.24. The molecule has 1 amide bonds. The van der Waals surface area contributed by atoms with E-state index in [1.807, 2.05) is 84.9 Å². The van der Waals surface area contributed by atoms with Crippen LogP contribution in [0.2, 0.25) is 0 Å². The summed E-state index contributed by atoms with van der Waals surface area (Å²) in [6.45, 7) is 4.66. The van der Waals surface area contributed by atoms with Crippen LogP contribution in [0.5, 0.6) is 0 Å². The molecule has 3 aromatic carbocycles. The maximum atomic E-state index is 13.0. The van der Waals surface area contributed by atoms with E-state index in [0.717, 1.165) is 22.3 Å². The van der Waals surface area contributed by atoms with Gasteiger partial charge in [-0.2, -0.15) is 0 Å². The third-order valence-corrected chi connectivity index (χ3v) is 5.90. The van der Waals surface area contributed by atoms with Gasteiger partial charge in [-0.05, 0) is 22.3 Å². The van der Waals surface area contributed by atoms with Crippen molar-refractivity contribution in [1.82, 2.24) is 4.90 Å². The maximum Gasteiger partial charge on any atom is 0.410 e. The van der Waals surface area contributed by atoms with Crippen molar-refractivity contribution in [2.75, 3.05) is 6.54 Å². The number of rotatable bonds is 9. The topological polar surface area (TPSA) is 65.1 Å². The van der Waals surface area contributed by atoms with Gasteiger partial charge in [0.1, 0.15) is 19.3 Å². The van der Waals surface area contributed by atoms with Gasteiger partial charge in [0.15, 0.2) is 0 Å². The number of hydrogen-bond donors (Lipinski definition) is 0. The first-order chi connectivity index (χ1) is 17.1. The first kappa shape index (κ1) is 24.2. The first-order valence-corrected chi connectivity index (χ1v) is 11.6. The molecule has 0 N–H and O–H groups in total. The standard InChI is InChI=1S/C29H29NO5/c1-2-22-13-15-25(16-14-22)19-33-26-17-27(28(31)34-20-23-9-5-3-6-10-23)30(18-26)29(32)35-21-24-11-7-4-8-12-24/h2-16,26-27H,1,17-21H2/t26-,27?/m0/s1. The Kier molecular flexibility index (Phi) is 8.30. The number of esters is 1. The monoisotopic (exact) mass is 471 g/mol. The summed E-state index contributed by atoms with van der Waals surface area (Å²) in [5.74, 6) is -0.466. The molecule has 0 radical (unpaired) electrons. The molecule has 6 nitrogen and oxygen atoms in total. The number of carbonyl (C=O) groups excluding carboxylic acids is 2. The van der Waals surface area contributed by atoms with Crippen LogP contribution >= 0.6 is 0 Å². The lowest BCUT2D eigenvalue weighted by Gasteiger charge is -2.22. The van der Waals surface area contributed by atoms with Crippen LogP contribution in [0.3, 0.4) is 0 Å². The van der Waals surface area contributed by atoms with Gasteiger partial charge in [-0.1, -0.05) is 97.6 Å². The molecule has 180 valence electrons. The van der Waals surface area contributed by atoms with Crippen LogP contribution in [0.1, 0.15) is 28.7 Å². The number of benzene rings is 3. The first-order valence-electron chi connectivity index (χ1n) is 11.6. The molecule has 6 heteroatoms. The van der Waals surface area contributed by atoms with Crippen molar-refractivity contribution in [3.63, 3.8) is 0 Å². The molecule has 1 fully saturated rings. The highest BCUT2D eigenvalue weighted by atomic mass is 16.6. The molecule has 1 aliphatic heterocycles. The van der Waals surface area contributed by atoms with Gasteiger partial charge in [-0.15, -0.1) is 0 Å². The van der Waals surface area contributed by atoms with Crippen molar-refractivity contribution in [1.29, 1.82) is 0 Å². The fraction of sp³-hybridized carbons (Fsp3) is 0.241. The number of ether oxygens (including phenoxy) is 3. The Morgan fingerprint density at radius 1 is 0.800 bits per heavy atom. The number of carbonyl (C=O) groups is 2. The number of likely N-dealkylation sites (tertiary alicyclic amines) is 1. The summed E-state index contributed by atoms with van der Waals surface area (Å²) in [6, 6.07) is 26.0. The van der Waals surface area contributed by atoms with E-state index >= 15 is 0 Å². The Morgan fingerprint density at radius 2 is 1.37 bits per heavy atom. The van der Waals surface area contributed by atoms with E-state index in [1.54, 1.807) is 6.08 Å². The van der Waals surface area contributed by atoms with Gasteiger partial charge >= 0.3 is 12.1 Å². The SMILES string of the molecule is C=Cc1ccc(CO[C@H]2CC(C(=O)OCc3ccccc3)N(C(=O)OCc3ccccc3)C2)cc1. The zero-order valence-electron chi connectivity index (χ0n) is 19.5. The maximum absolute atomic E-state index is 13.0. The second-order valence-corrected chi connectivity index (χ2v) is 8.42. The molecule has 4 rings (SSSR count). The lowest BCUT2D eigenvalue weighted by Crippen LogP contribution is -2.41. The molecule has 1 unspecified atom stereocenters. The lowest BCUT2D eigenvalue weighted by molar-refractivity contribution is -0.150. The van der Waals surface area contributed by atoms with Crippen LogP contribution in [-0.2, 0) is 38.8 Å². The van der Waals surface area contributed by atoms with E-state index < -0.39 is 18.1 Å². The molecule has 1 aliphatic rings. The van der Waals surface area contributed by atoms with E-state index in [1.165, 1.54) is 4.90 Å². The van der Waals surface area contributed by atoms with Crippen molar-refractivity contribution < 1.29 is 23.8 Å². The smallest absolute Gasteiger partial charge is 0.410 e. The van der Waals surface area contributed by atoms with Crippen LogP contribution in [-0.4, -0.2) is 35.7 Å². The molecule has 0 spiro atoms.